The van der Waals surface area contributed by atoms with Gasteiger partial charge in [-0.1, -0.05) is 24.3 Å². The van der Waals surface area contributed by atoms with Crippen molar-refractivity contribution >= 4 is 5.97 Å². The number of ether oxygens (including phenoxy) is 1. The van der Waals surface area contributed by atoms with Crippen LogP contribution in [0.15, 0.2) is 24.3 Å². The Morgan fingerprint density at radius 3 is 2.75 bits per heavy atom. The molecule has 0 radical (unpaired) electrons. The molecule has 0 spiro atoms. The highest BCUT2D eigenvalue weighted by molar-refractivity contribution is 5.70. The maximum Gasteiger partial charge on any atom is 0.307 e. The quantitative estimate of drug-likeness (QED) is 0.798. The van der Waals surface area contributed by atoms with Crippen LogP contribution in [0, 0.1) is 0 Å². The van der Waals surface area contributed by atoms with E-state index >= 15 is 0 Å². The average molecular weight is 221 g/mol. The molecule has 1 saturated heterocycles. The Balaban J connectivity index is 2.03. The number of hydrogen-bond donors (Lipinski definition) is 2. The Kier molecular flexibility index (Phi) is 3.54. The molecule has 86 valence electrons. The third-order valence-corrected chi connectivity index (χ3v) is 2.63. The number of carbonyl (C=O) groups is 1. The van der Waals surface area contributed by atoms with Crippen LogP contribution in [0.25, 0.3) is 0 Å². The first kappa shape index (κ1) is 11.1. The molecule has 4 nitrogen and oxygen atoms in total. The number of benzene rings is 1. The summed E-state index contributed by atoms with van der Waals surface area (Å²) in [6, 6.07) is 7.58. The smallest absolute Gasteiger partial charge is 0.307 e. The van der Waals surface area contributed by atoms with Crippen molar-refractivity contribution in [2.24, 2.45) is 0 Å². The van der Waals surface area contributed by atoms with Crippen molar-refractivity contribution in [1.29, 1.82) is 0 Å². The van der Waals surface area contributed by atoms with E-state index in [9.17, 15) is 4.79 Å². The summed E-state index contributed by atoms with van der Waals surface area (Å²) in [5.74, 6) is -0.802. The van der Waals surface area contributed by atoms with Gasteiger partial charge in [-0.15, -0.1) is 0 Å². The van der Waals surface area contributed by atoms with Crippen LogP contribution < -0.4 is 5.32 Å². The van der Waals surface area contributed by atoms with Crippen LogP contribution in [0.1, 0.15) is 17.2 Å². The molecule has 1 unspecified atom stereocenters. The van der Waals surface area contributed by atoms with E-state index in [2.05, 4.69) is 5.32 Å². The van der Waals surface area contributed by atoms with Crippen LogP contribution >= 0.6 is 0 Å². The SMILES string of the molecule is O=C(O)Cc1ccc(C2CNCCO2)cc1. The van der Waals surface area contributed by atoms with E-state index in [0.717, 1.165) is 30.8 Å². The predicted molar refractivity (Wildman–Crippen MR) is 59.3 cm³/mol. The van der Waals surface area contributed by atoms with Crippen LogP contribution in [-0.4, -0.2) is 30.8 Å². The van der Waals surface area contributed by atoms with Gasteiger partial charge >= 0.3 is 5.97 Å². The van der Waals surface area contributed by atoms with Gasteiger partial charge in [0.1, 0.15) is 0 Å². The maximum absolute atomic E-state index is 10.5. The molecule has 0 aliphatic carbocycles. The lowest BCUT2D eigenvalue weighted by Gasteiger charge is -2.24. The third kappa shape index (κ3) is 2.81. The van der Waals surface area contributed by atoms with Gasteiger partial charge in [0.25, 0.3) is 0 Å². The van der Waals surface area contributed by atoms with Crippen LogP contribution in [-0.2, 0) is 16.0 Å². The van der Waals surface area contributed by atoms with Gasteiger partial charge < -0.3 is 15.2 Å². The minimum absolute atomic E-state index is 0.0735. The van der Waals surface area contributed by atoms with Gasteiger partial charge in [-0.2, -0.15) is 0 Å². The van der Waals surface area contributed by atoms with Gasteiger partial charge in [0, 0.05) is 13.1 Å². The zero-order valence-electron chi connectivity index (χ0n) is 8.98. The Morgan fingerprint density at radius 1 is 1.44 bits per heavy atom. The van der Waals surface area contributed by atoms with Gasteiger partial charge in [0.05, 0.1) is 19.1 Å². The predicted octanol–water partition coefficient (Wildman–Crippen LogP) is 0.975. The number of carboxylic acid groups (broad SMARTS) is 1. The highest BCUT2D eigenvalue weighted by Crippen LogP contribution is 2.19. The van der Waals surface area contributed by atoms with Crippen molar-refractivity contribution < 1.29 is 14.6 Å². The molecular formula is C12H15NO3. The summed E-state index contributed by atoms with van der Waals surface area (Å²) in [7, 11) is 0. The zero-order chi connectivity index (χ0) is 11.4. The first-order valence-corrected chi connectivity index (χ1v) is 5.38. The molecule has 1 aromatic rings. The van der Waals surface area contributed by atoms with E-state index in [1.165, 1.54) is 0 Å². The fourth-order valence-electron chi connectivity index (χ4n) is 1.80. The molecule has 2 N–H and O–H groups in total. The largest absolute Gasteiger partial charge is 0.481 e. The zero-order valence-corrected chi connectivity index (χ0v) is 8.98. The second-order valence-corrected chi connectivity index (χ2v) is 3.88. The standard InChI is InChI=1S/C12H15NO3/c14-12(15)7-9-1-3-10(4-2-9)11-8-13-5-6-16-11/h1-4,11,13H,5-8H2,(H,14,15). The number of morpholine rings is 1. The Labute approximate surface area is 94.2 Å². The van der Waals surface area contributed by atoms with E-state index in [-0.39, 0.29) is 12.5 Å². The molecule has 1 aromatic carbocycles. The molecule has 4 heteroatoms. The van der Waals surface area contributed by atoms with Crippen molar-refractivity contribution in [1.82, 2.24) is 5.32 Å². The van der Waals surface area contributed by atoms with Gasteiger partial charge in [0.15, 0.2) is 0 Å². The van der Waals surface area contributed by atoms with Crippen LogP contribution in [0.2, 0.25) is 0 Å². The van der Waals surface area contributed by atoms with Crippen LogP contribution in [0.3, 0.4) is 0 Å². The molecule has 1 heterocycles. The maximum atomic E-state index is 10.5. The second-order valence-electron chi connectivity index (χ2n) is 3.88. The van der Waals surface area contributed by atoms with E-state index in [1.807, 2.05) is 24.3 Å². The van der Waals surface area contributed by atoms with E-state index in [0.29, 0.717) is 0 Å². The molecule has 1 atom stereocenters. The van der Waals surface area contributed by atoms with E-state index in [1.54, 1.807) is 0 Å². The molecular weight excluding hydrogens is 206 g/mol. The number of aliphatic carboxylic acids is 1. The van der Waals surface area contributed by atoms with Gasteiger partial charge in [-0.25, -0.2) is 0 Å². The second kappa shape index (κ2) is 5.09. The molecule has 0 amide bonds. The first-order chi connectivity index (χ1) is 7.75. The van der Waals surface area contributed by atoms with Crippen LogP contribution in [0.4, 0.5) is 0 Å². The normalized spacial score (nSPS) is 20.6. The highest BCUT2D eigenvalue weighted by Gasteiger charge is 2.15. The van der Waals surface area contributed by atoms with Gasteiger partial charge in [-0.3, -0.25) is 4.79 Å². The van der Waals surface area contributed by atoms with Gasteiger partial charge in [-0.05, 0) is 11.1 Å². The lowest BCUT2D eigenvalue weighted by molar-refractivity contribution is -0.136. The molecule has 16 heavy (non-hydrogen) atoms. The van der Waals surface area contributed by atoms with Crippen LogP contribution in [0.5, 0.6) is 0 Å². The van der Waals surface area contributed by atoms with E-state index in [4.69, 9.17) is 9.84 Å². The number of nitrogens with one attached hydrogen (secondary N) is 1. The number of hydrogen-bond acceptors (Lipinski definition) is 3. The fraction of sp³-hybridized carbons (Fsp3) is 0.417. The Morgan fingerprint density at radius 2 is 2.19 bits per heavy atom. The lowest BCUT2D eigenvalue weighted by Crippen LogP contribution is -2.33. The average Bonchev–Trinajstić information content (AvgIpc) is 2.30. The summed E-state index contributed by atoms with van der Waals surface area (Å²) in [6.07, 6.45) is 0.164. The highest BCUT2D eigenvalue weighted by atomic mass is 16.5. The summed E-state index contributed by atoms with van der Waals surface area (Å²) in [4.78, 5) is 10.5. The molecule has 1 aliphatic rings. The van der Waals surface area contributed by atoms with Crippen molar-refractivity contribution in [3.8, 4) is 0 Å². The summed E-state index contributed by atoms with van der Waals surface area (Å²) < 4.78 is 5.61. The molecule has 1 aliphatic heterocycles. The summed E-state index contributed by atoms with van der Waals surface area (Å²) in [5.41, 5.74) is 1.92. The lowest BCUT2D eigenvalue weighted by atomic mass is 10.0. The molecule has 0 aromatic heterocycles. The Bertz CT molecular complexity index is 355. The molecule has 0 saturated carbocycles. The monoisotopic (exact) mass is 221 g/mol. The topological polar surface area (TPSA) is 58.6 Å². The van der Waals surface area contributed by atoms with Crippen molar-refractivity contribution in [3.05, 3.63) is 35.4 Å². The van der Waals surface area contributed by atoms with Crippen molar-refractivity contribution in [2.45, 2.75) is 12.5 Å². The molecule has 0 bridgehead atoms. The van der Waals surface area contributed by atoms with Crippen molar-refractivity contribution in [2.75, 3.05) is 19.7 Å². The summed E-state index contributed by atoms with van der Waals surface area (Å²) in [5, 5.41) is 11.9. The van der Waals surface area contributed by atoms with E-state index < -0.39 is 5.97 Å². The number of rotatable bonds is 3. The third-order valence-electron chi connectivity index (χ3n) is 2.63. The Hall–Kier alpha value is -1.39. The molecule has 1 fully saturated rings. The fourth-order valence-corrected chi connectivity index (χ4v) is 1.80. The summed E-state index contributed by atoms with van der Waals surface area (Å²) in [6.45, 7) is 2.44. The van der Waals surface area contributed by atoms with Gasteiger partial charge in [0.2, 0.25) is 0 Å². The minimum atomic E-state index is -0.802. The minimum Gasteiger partial charge on any atom is -0.481 e. The summed E-state index contributed by atoms with van der Waals surface area (Å²) >= 11 is 0. The molecule has 2 rings (SSSR count). The number of carboxylic acids is 1. The van der Waals surface area contributed by atoms with Crippen molar-refractivity contribution in [3.63, 3.8) is 0 Å². The first-order valence-electron chi connectivity index (χ1n) is 5.38.